The molecule has 0 N–H and O–H groups in total. The fraction of sp³-hybridized carbons (Fsp3) is 0.409. The second-order valence-corrected chi connectivity index (χ2v) is 11.1. The molecular weight excluding hydrogens is 523 g/mol. The molecule has 0 radical (unpaired) electrons. The summed E-state index contributed by atoms with van der Waals surface area (Å²) in [5.74, 6) is -0.227. The molecule has 1 atom stereocenters. The summed E-state index contributed by atoms with van der Waals surface area (Å²) in [5.41, 5.74) is 0.867. The predicted octanol–water partition coefficient (Wildman–Crippen LogP) is 4.28. The largest absolute Gasteiger partial charge is 0.416 e. The molecular formula is C22H23BrF3N3O3S. The number of anilines is 2. The highest BCUT2D eigenvalue weighted by atomic mass is 79.9. The Morgan fingerprint density at radius 2 is 1.76 bits per heavy atom. The van der Waals surface area contributed by atoms with Crippen molar-refractivity contribution in [2.24, 2.45) is 0 Å². The van der Waals surface area contributed by atoms with E-state index in [0.29, 0.717) is 22.3 Å². The highest BCUT2D eigenvalue weighted by Crippen LogP contribution is 2.41. The van der Waals surface area contributed by atoms with Gasteiger partial charge in [0.15, 0.2) is 0 Å². The van der Waals surface area contributed by atoms with Crippen LogP contribution in [-0.4, -0.2) is 50.9 Å². The topological polar surface area (TPSA) is 60.9 Å². The Balaban J connectivity index is 1.60. The molecule has 0 aliphatic carbocycles. The van der Waals surface area contributed by atoms with Crippen LogP contribution in [0.15, 0.2) is 45.8 Å². The number of halogens is 4. The van der Waals surface area contributed by atoms with Crippen molar-refractivity contribution in [2.45, 2.75) is 37.4 Å². The van der Waals surface area contributed by atoms with Gasteiger partial charge < -0.3 is 9.80 Å². The Labute approximate surface area is 199 Å². The number of benzene rings is 2. The number of piperazine rings is 1. The maximum Gasteiger partial charge on any atom is 0.416 e. The van der Waals surface area contributed by atoms with Crippen molar-refractivity contribution in [3.63, 3.8) is 0 Å². The summed E-state index contributed by atoms with van der Waals surface area (Å²) in [5, 5.41) is 0. The Morgan fingerprint density at radius 3 is 2.36 bits per heavy atom. The number of sulfonamides is 1. The SMILES string of the molecule is CC(=O)N1c2c(cc(Br)cc2S(=O)(=O)N2CCN(c3cccc(C(F)(F)F)c3)CC2)C[C@H]1C. The number of hydrogen-bond donors (Lipinski definition) is 0. The van der Waals surface area contributed by atoms with E-state index in [1.807, 2.05) is 13.0 Å². The van der Waals surface area contributed by atoms with Crippen molar-refractivity contribution in [2.75, 3.05) is 36.0 Å². The van der Waals surface area contributed by atoms with Gasteiger partial charge in [0, 0.05) is 49.3 Å². The van der Waals surface area contributed by atoms with Gasteiger partial charge >= 0.3 is 6.18 Å². The van der Waals surface area contributed by atoms with Gasteiger partial charge in [0.05, 0.1) is 11.3 Å². The number of alkyl halides is 3. The Bertz CT molecular complexity index is 1200. The summed E-state index contributed by atoms with van der Waals surface area (Å²) >= 11 is 3.39. The van der Waals surface area contributed by atoms with E-state index >= 15 is 0 Å². The maximum atomic E-state index is 13.6. The lowest BCUT2D eigenvalue weighted by atomic mass is 10.1. The fourth-order valence-corrected chi connectivity index (χ4v) is 6.89. The molecule has 1 fully saturated rings. The van der Waals surface area contributed by atoms with Crippen molar-refractivity contribution >= 4 is 43.2 Å². The van der Waals surface area contributed by atoms with Gasteiger partial charge in [-0.2, -0.15) is 17.5 Å². The highest BCUT2D eigenvalue weighted by molar-refractivity contribution is 9.10. The van der Waals surface area contributed by atoms with E-state index < -0.39 is 21.8 Å². The first-order chi connectivity index (χ1) is 15.4. The zero-order valence-corrected chi connectivity index (χ0v) is 20.5. The number of carbonyl (C=O) groups is 1. The van der Waals surface area contributed by atoms with Gasteiger partial charge in [-0.25, -0.2) is 8.42 Å². The lowest BCUT2D eigenvalue weighted by Crippen LogP contribution is -2.49. The Morgan fingerprint density at radius 1 is 1.09 bits per heavy atom. The van der Waals surface area contributed by atoms with Gasteiger partial charge in [-0.3, -0.25) is 4.79 Å². The smallest absolute Gasteiger partial charge is 0.369 e. The molecule has 0 unspecified atom stereocenters. The molecule has 0 aromatic heterocycles. The molecule has 2 aliphatic rings. The average Bonchev–Trinajstić information content (AvgIpc) is 3.08. The Kier molecular flexibility index (Phi) is 6.25. The van der Waals surface area contributed by atoms with Crippen LogP contribution in [-0.2, 0) is 27.4 Å². The molecule has 4 rings (SSSR count). The van der Waals surface area contributed by atoms with Gasteiger partial charge in [-0.15, -0.1) is 0 Å². The lowest BCUT2D eigenvalue weighted by Gasteiger charge is -2.36. The third-order valence-electron chi connectivity index (χ3n) is 6.05. The molecule has 0 saturated carbocycles. The summed E-state index contributed by atoms with van der Waals surface area (Å²) < 4.78 is 68.3. The van der Waals surface area contributed by atoms with Crippen LogP contribution in [0.2, 0.25) is 0 Å². The van der Waals surface area contributed by atoms with Crippen molar-refractivity contribution in [3.05, 3.63) is 52.0 Å². The number of fused-ring (bicyclic) bond motifs is 1. The van der Waals surface area contributed by atoms with E-state index in [4.69, 9.17) is 0 Å². The van der Waals surface area contributed by atoms with Gasteiger partial charge in [-0.1, -0.05) is 22.0 Å². The van der Waals surface area contributed by atoms with Crippen LogP contribution in [0.25, 0.3) is 0 Å². The molecule has 0 bridgehead atoms. The number of hydrogen-bond acceptors (Lipinski definition) is 4. The molecule has 33 heavy (non-hydrogen) atoms. The minimum Gasteiger partial charge on any atom is -0.369 e. The van der Waals surface area contributed by atoms with Gasteiger partial charge in [-0.05, 0) is 49.2 Å². The molecule has 178 valence electrons. The summed E-state index contributed by atoms with van der Waals surface area (Å²) in [7, 11) is -3.93. The van der Waals surface area contributed by atoms with E-state index in [1.54, 1.807) is 11.0 Å². The normalized spacial score (nSPS) is 19.6. The van der Waals surface area contributed by atoms with E-state index in [9.17, 15) is 26.4 Å². The third kappa shape index (κ3) is 4.50. The molecule has 2 aromatic carbocycles. The fourth-order valence-electron chi connectivity index (χ4n) is 4.56. The van der Waals surface area contributed by atoms with Gasteiger partial charge in [0.1, 0.15) is 4.90 Å². The van der Waals surface area contributed by atoms with Gasteiger partial charge in [0.2, 0.25) is 15.9 Å². The van der Waals surface area contributed by atoms with Crippen molar-refractivity contribution in [3.8, 4) is 0 Å². The van der Waals surface area contributed by atoms with Crippen LogP contribution in [0.3, 0.4) is 0 Å². The minimum absolute atomic E-state index is 0.0685. The van der Waals surface area contributed by atoms with Crippen molar-refractivity contribution in [1.82, 2.24) is 4.31 Å². The summed E-state index contributed by atoms with van der Waals surface area (Å²) in [6, 6.07) is 8.23. The van der Waals surface area contributed by atoms with E-state index in [1.165, 1.54) is 28.3 Å². The third-order valence-corrected chi connectivity index (χ3v) is 8.42. The van der Waals surface area contributed by atoms with E-state index in [2.05, 4.69) is 15.9 Å². The van der Waals surface area contributed by atoms with Crippen LogP contribution in [0, 0.1) is 0 Å². The van der Waals surface area contributed by atoms with Crippen LogP contribution in [0.1, 0.15) is 25.0 Å². The summed E-state index contributed by atoms with van der Waals surface area (Å²) in [6.45, 7) is 4.04. The molecule has 2 heterocycles. The van der Waals surface area contributed by atoms with E-state index in [-0.39, 0.29) is 43.0 Å². The molecule has 6 nitrogen and oxygen atoms in total. The number of amides is 1. The first kappa shape index (κ1) is 24.0. The first-order valence-electron chi connectivity index (χ1n) is 10.4. The predicted molar refractivity (Wildman–Crippen MR) is 123 cm³/mol. The molecule has 0 spiro atoms. The Hall–Kier alpha value is -2.11. The van der Waals surface area contributed by atoms with Crippen LogP contribution < -0.4 is 9.80 Å². The van der Waals surface area contributed by atoms with Crippen LogP contribution in [0.5, 0.6) is 0 Å². The molecule has 2 aliphatic heterocycles. The lowest BCUT2D eigenvalue weighted by molar-refractivity contribution is -0.137. The quantitative estimate of drug-likeness (QED) is 0.577. The monoisotopic (exact) mass is 545 g/mol. The summed E-state index contributed by atoms with van der Waals surface area (Å²) in [6.07, 6.45) is -3.89. The summed E-state index contributed by atoms with van der Waals surface area (Å²) in [4.78, 5) is 15.6. The van der Waals surface area contributed by atoms with Crippen molar-refractivity contribution < 1.29 is 26.4 Å². The zero-order valence-electron chi connectivity index (χ0n) is 18.1. The van der Waals surface area contributed by atoms with Crippen LogP contribution in [0.4, 0.5) is 24.5 Å². The molecule has 11 heteroatoms. The second kappa shape index (κ2) is 8.59. The highest BCUT2D eigenvalue weighted by Gasteiger charge is 2.38. The molecule has 1 saturated heterocycles. The first-order valence-corrected chi connectivity index (χ1v) is 12.7. The molecule has 1 amide bonds. The maximum absolute atomic E-state index is 13.6. The molecule has 2 aromatic rings. The standard InChI is InChI=1S/C22H23BrF3N3O3S/c1-14-10-16-11-18(23)13-20(21(16)29(14)15(2)30)33(31,32)28-8-6-27(7-9-28)19-5-3-4-17(12-19)22(24,25)26/h3-5,11-14H,6-10H2,1-2H3/t14-/m1/s1. The second-order valence-electron chi connectivity index (χ2n) is 8.29. The van der Waals surface area contributed by atoms with E-state index in [0.717, 1.165) is 17.7 Å². The number of carbonyl (C=O) groups excluding carboxylic acids is 1. The number of nitrogens with zero attached hydrogens (tertiary/aromatic N) is 3. The average molecular weight is 546 g/mol. The minimum atomic E-state index is -4.44. The van der Waals surface area contributed by atoms with Crippen molar-refractivity contribution in [1.29, 1.82) is 0 Å². The van der Waals surface area contributed by atoms with Crippen LogP contribution >= 0.6 is 15.9 Å². The zero-order chi connectivity index (χ0) is 24.1. The number of rotatable bonds is 3. The van der Waals surface area contributed by atoms with Gasteiger partial charge in [0.25, 0.3) is 0 Å².